The third-order valence-electron chi connectivity index (χ3n) is 3.00. The van der Waals surface area contributed by atoms with Crippen molar-refractivity contribution in [2.75, 3.05) is 11.4 Å². The van der Waals surface area contributed by atoms with Gasteiger partial charge in [0.05, 0.1) is 18.3 Å². The van der Waals surface area contributed by atoms with Crippen LogP contribution in [0.2, 0.25) is 0 Å². The van der Waals surface area contributed by atoms with Crippen molar-refractivity contribution in [3.8, 4) is 5.75 Å². The number of fused-ring (bicyclic) bond motifs is 1. The summed E-state index contributed by atoms with van der Waals surface area (Å²) < 4.78 is 18.7. The maximum Gasteiger partial charge on any atom is 0.244 e. The molecule has 19 heavy (non-hydrogen) atoms. The predicted molar refractivity (Wildman–Crippen MR) is 74.4 cm³/mol. The first-order chi connectivity index (χ1) is 8.52. The van der Waals surface area contributed by atoms with Crippen LogP contribution < -0.4 is 15.4 Å². The molecule has 0 fully saturated rings. The molecule has 1 aromatic rings. The van der Waals surface area contributed by atoms with E-state index < -0.39 is 6.04 Å². The number of hydrogen-bond donors (Lipinski definition) is 1. The summed E-state index contributed by atoms with van der Waals surface area (Å²) in [6.07, 6.45) is 0.397. The van der Waals surface area contributed by atoms with Gasteiger partial charge in [0.15, 0.2) is 0 Å². The lowest BCUT2D eigenvalue weighted by atomic mass is 10.1. The minimum absolute atomic E-state index is 0. The lowest BCUT2D eigenvalue weighted by molar-refractivity contribution is -0.120. The highest BCUT2D eigenvalue weighted by molar-refractivity contribution is 5.98. The van der Waals surface area contributed by atoms with Crippen molar-refractivity contribution < 1.29 is 13.9 Å². The van der Waals surface area contributed by atoms with Crippen LogP contribution in [0.1, 0.15) is 20.3 Å². The van der Waals surface area contributed by atoms with Crippen molar-refractivity contribution in [1.29, 1.82) is 0 Å². The maximum absolute atomic E-state index is 13.2. The van der Waals surface area contributed by atoms with Gasteiger partial charge in [-0.3, -0.25) is 4.79 Å². The van der Waals surface area contributed by atoms with E-state index in [-0.39, 0.29) is 30.2 Å². The molecule has 1 heterocycles. The van der Waals surface area contributed by atoms with Gasteiger partial charge in [-0.15, -0.1) is 12.4 Å². The Kier molecular flexibility index (Phi) is 5.14. The normalized spacial score (nSPS) is 18.9. The second kappa shape index (κ2) is 6.21. The summed E-state index contributed by atoms with van der Waals surface area (Å²) in [4.78, 5) is 13.8. The molecule has 6 heteroatoms. The molecule has 2 N–H and O–H groups in total. The second-order valence-corrected chi connectivity index (χ2v) is 4.50. The van der Waals surface area contributed by atoms with Crippen LogP contribution in [0, 0.1) is 5.82 Å². The fourth-order valence-electron chi connectivity index (χ4n) is 2.00. The van der Waals surface area contributed by atoms with Crippen LogP contribution in [0.25, 0.3) is 0 Å². The van der Waals surface area contributed by atoms with Crippen LogP contribution in [0.4, 0.5) is 10.1 Å². The molecule has 0 spiro atoms. The molecule has 1 unspecified atom stereocenters. The summed E-state index contributed by atoms with van der Waals surface area (Å²) in [5.74, 6) is -0.138. The summed E-state index contributed by atoms with van der Waals surface area (Å²) in [5, 5.41) is 0. The van der Waals surface area contributed by atoms with E-state index in [0.717, 1.165) is 0 Å². The number of hydrogen-bond acceptors (Lipinski definition) is 3. The largest absolute Gasteiger partial charge is 0.487 e. The van der Waals surface area contributed by atoms with Gasteiger partial charge in [-0.05, 0) is 25.5 Å². The third-order valence-corrected chi connectivity index (χ3v) is 3.00. The molecule has 0 saturated heterocycles. The number of anilines is 1. The smallest absolute Gasteiger partial charge is 0.244 e. The van der Waals surface area contributed by atoms with Gasteiger partial charge >= 0.3 is 0 Å². The van der Waals surface area contributed by atoms with Gasteiger partial charge in [-0.25, -0.2) is 4.39 Å². The van der Waals surface area contributed by atoms with Crippen molar-refractivity contribution in [2.45, 2.75) is 32.4 Å². The first kappa shape index (κ1) is 15.7. The maximum atomic E-state index is 13.2. The number of amides is 1. The van der Waals surface area contributed by atoms with Gasteiger partial charge < -0.3 is 15.4 Å². The first-order valence-corrected chi connectivity index (χ1v) is 6.06. The van der Waals surface area contributed by atoms with Gasteiger partial charge in [0.25, 0.3) is 0 Å². The zero-order valence-corrected chi connectivity index (χ0v) is 11.7. The molecule has 2 atom stereocenters. The Morgan fingerprint density at radius 3 is 2.95 bits per heavy atom. The van der Waals surface area contributed by atoms with E-state index in [1.165, 1.54) is 12.1 Å². The number of benzene rings is 1. The molecule has 1 aliphatic rings. The van der Waals surface area contributed by atoms with Crippen LogP contribution in [-0.2, 0) is 4.79 Å². The van der Waals surface area contributed by atoms with Crippen LogP contribution >= 0.6 is 12.4 Å². The molecular weight excluding hydrogens is 271 g/mol. The Morgan fingerprint density at radius 1 is 1.63 bits per heavy atom. The number of carbonyl (C=O) groups excluding carboxylic acids is 1. The Bertz CT molecular complexity index is 470. The van der Waals surface area contributed by atoms with E-state index in [2.05, 4.69) is 0 Å². The zero-order valence-electron chi connectivity index (χ0n) is 10.9. The average molecular weight is 289 g/mol. The molecule has 2 rings (SSSR count). The van der Waals surface area contributed by atoms with Crippen molar-refractivity contribution in [1.82, 2.24) is 0 Å². The Hall–Kier alpha value is -1.33. The van der Waals surface area contributed by atoms with Crippen LogP contribution in [0.5, 0.6) is 5.75 Å². The van der Waals surface area contributed by atoms with Crippen LogP contribution in [-0.4, -0.2) is 24.6 Å². The summed E-state index contributed by atoms with van der Waals surface area (Å²) in [7, 11) is 0. The van der Waals surface area contributed by atoms with E-state index in [4.69, 9.17) is 10.5 Å². The molecule has 1 aliphatic heterocycles. The standard InChI is InChI=1S/C13H17FN2O2.ClH/c1-3-10(15)13(17)16-7-8(2)18-12-6-9(14)4-5-11(12)16;/h4-6,8,10H,3,7,15H2,1-2H3;1H/t8?,10-;/m0./s1. The highest BCUT2D eigenvalue weighted by atomic mass is 35.5. The van der Waals surface area contributed by atoms with Crippen molar-refractivity contribution >= 4 is 24.0 Å². The molecule has 0 aliphatic carbocycles. The van der Waals surface area contributed by atoms with Crippen molar-refractivity contribution in [3.63, 3.8) is 0 Å². The molecule has 4 nitrogen and oxygen atoms in total. The highest BCUT2D eigenvalue weighted by Crippen LogP contribution is 2.34. The number of carbonyl (C=O) groups is 1. The number of nitrogens with two attached hydrogens (primary N) is 1. The van der Waals surface area contributed by atoms with E-state index in [0.29, 0.717) is 24.4 Å². The average Bonchev–Trinajstić information content (AvgIpc) is 2.35. The Balaban J connectivity index is 0.00000180. The van der Waals surface area contributed by atoms with Crippen molar-refractivity contribution in [2.24, 2.45) is 5.73 Å². The monoisotopic (exact) mass is 288 g/mol. The predicted octanol–water partition coefficient (Wildman–Crippen LogP) is 2.10. The summed E-state index contributed by atoms with van der Waals surface area (Å²) in [5.41, 5.74) is 6.36. The minimum atomic E-state index is -0.534. The molecule has 1 amide bonds. The quantitative estimate of drug-likeness (QED) is 0.907. The van der Waals surface area contributed by atoms with Crippen LogP contribution in [0.15, 0.2) is 18.2 Å². The molecule has 0 radical (unpaired) electrons. The molecular formula is C13H18ClFN2O2. The summed E-state index contributed by atoms with van der Waals surface area (Å²) >= 11 is 0. The number of nitrogens with zero attached hydrogens (tertiary/aromatic N) is 1. The van der Waals surface area contributed by atoms with E-state index in [1.54, 1.807) is 11.0 Å². The van der Waals surface area contributed by atoms with Gasteiger partial charge in [0.2, 0.25) is 5.91 Å². The SMILES string of the molecule is CC[C@H](N)C(=O)N1CC(C)Oc2cc(F)ccc21.Cl. The van der Waals surface area contributed by atoms with E-state index >= 15 is 0 Å². The van der Waals surface area contributed by atoms with Crippen LogP contribution in [0.3, 0.4) is 0 Å². The molecule has 0 aromatic heterocycles. The van der Waals surface area contributed by atoms with Gasteiger partial charge in [-0.2, -0.15) is 0 Å². The lowest BCUT2D eigenvalue weighted by Crippen LogP contribution is -2.49. The summed E-state index contributed by atoms with van der Waals surface area (Å²) in [6, 6.07) is 3.63. The van der Waals surface area contributed by atoms with E-state index in [1.807, 2.05) is 13.8 Å². The molecule has 106 valence electrons. The van der Waals surface area contributed by atoms with Crippen molar-refractivity contribution in [3.05, 3.63) is 24.0 Å². The van der Waals surface area contributed by atoms with E-state index in [9.17, 15) is 9.18 Å². The van der Waals surface area contributed by atoms with Gasteiger partial charge in [-0.1, -0.05) is 6.92 Å². The number of halogens is 2. The Morgan fingerprint density at radius 2 is 2.32 bits per heavy atom. The lowest BCUT2D eigenvalue weighted by Gasteiger charge is -2.34. The third kappa shape index (κ3) is 3.16. The van der Waals surface area contributed by atoms with Gasteiger partial charge in [0.1, 0.15) is 17.7 Å². The number of ether oxygens (including phenoxy) is 1. The summed E-state index contributed by atoms with van der Waals surface area (Å²) in [6.45, 7) is 4.13. The molecule has 0 bridgehead atoms. The molecule has 1 aromatic carbocycles. The minimum Gasteiger partial charge on any atom is -0.487 e. The highest BCUT2D eigenvalue weighted by Gasteiger charge is 2.30. The fourth-order valence-corrected chi connectivity index (χ4v) is 2.00. The Labute approximate surface area is 118 Å². The second-order valence-electron chi connectivity index (χ2n) is 4.50. The van der Waals surface area contributed by atoms with Gasteiger partial charge in [0, 0.05) is 6.07 Å². The first-order valence-electron chi connectivity index (χ1n) is 6.06. The molecule has 0 saturated carbocycles. The zero-order chi connectivity index (χ0) is 13.3. The number of rotatable bonds is 2. The topological polar surface area (TPSA) is 55.6 Å². The fraction of sp³-hybridized carbons (Fsp3) is 0.462.